The van der Waals surface area contributed by atoms with Gasteiger partial charge in [0.1, 0.15) is 0 Å². The van der Waals surface area contributed by atoms with E-state index in [4.69, 9.17) is 5.11 Å². The van der Waals surface area contributed by atoms with Crippen LogP contribution in [0.5, 0.6) is 0 Å². The van der Waals surface area contributed by atoms with Crippen molar-refractivity contribution in [2.45, 2.75) is 6.04 Å². The van der Waals surface area contributed by atoms with Crippen molar-refractivity contribution in [1.29, 1.82) is 0 Å². The average Bonchev–Trinajstić information content (AvgIpc) is 2.34. The van der Waals surface area contributed by atoms with Gasteiger partial charge in [0.05, 0.1) is 6.04 Å². The molecule has 72 valence electrons. The summed E-state index contributed by atoms with van der Waals surface area (Å²) in [6.07, 6.45) is 9.93. The van der Waals surface area contributed by atoms with Gasteiger partial charge in [0, 0.05) is 6.08 Å². The fourth-order valence-corrected chi connectivity index (χ4v) is 1.39. The molecule has 1 aliphatic carbocycles. The fraction of sp³-hybridized carbons (Fsp3) is 0.100. The van der Waals surface area contributed by atoms with Gasteiger partial charge in [-0.1, -0.05) is 30.4 Å². The first kappa shape index (κ1) is 8.62. The van der Waals surface area contributed by atoms with Crippen molar-refractivity contribution in [3.05, 3.63) is 47.9 Å². The number of carboxylic acid groups (broad SMARTS) is 1. The van der Waals surface area contributed by atoms with Crippen LogP contribution in [-0.2, 0) is 4.74 Å². The molecule has 0 aromatic heterocycles. The van der Waals surface area contributed by atoms with Crippen molar-refractivity contribution in [3.8, 4) is 0 Å². The molecule has 0 radical (unpaired) electrons. The van der Waals surface area contributed by atoms with Crippen LogP contribution < -0.4 is 5.32 Å². The third-order valence-electron chi connectivity index (χ3n) is 1.97. The summed E-state index contributed by atoms with van der Waals surface area (Å²) in [4.78, 5) is 10.3. The second-order valence-corrected chi connectivity index (χ2v) is 2.94. The maximum Gasteiger partial charge on any atom is 0.512 e. The smallest absolute Gasteiger partial charge is 0.449 e. The zero-order valence-electron chi connectivity index (χ0n) is 7.31. The highest BCUT2D eigenvalue weighted by Crippen LogP contribution is 2.19. The molecule has 0 spiro atoms. The number of rotatable bonds is 1. The van der Waals surface area contributed by atoms with E-state index in [9.17, 15) is 4.79 Å². The van der Waals surface area contributed by atoms with Gasteiger partial charge < -0.3 is 15.2 Å². The van der Waals surface area contributed by atoms with E-state index in [-0.39, 0.29) is 11.9 Å². The molecule has 0 amide bonds. The number of fused-ring (bicyclic) bond motifs is 1. The summed E-state index contributed by atoms with van der Waals surface area (Å²) in [6.45, 7) is 0. The van der Waals surface area contributed by atoms with Gasteiger partial charge in [-0.2, -0.15) is 0 Å². The third kappa shape index (κ3) is 1.69. The van der Waals surface area contributed by atoms with Crippen LogP contribution in [-0.4, -0.2) is 17.3 Å². The summed E-state index contributed by atoms with van der Waals surface area (Å²) in [7, 11) is 0. The van der Waals surface area contributed by atoms with E-state index in [2.05, 4.69) is 10.1 Å². The molecule has 4 nitrogen and oxygen atoms in total. The summed E-state index contributed by atoms with van der Waals surface area (Å²) in [5.74, 6) is 0.272. The van der Waals surface area contributed by atoms with Crippen LogP contribution in [0.2, 0.25) is 0 Å². The van der Waals surface area contributed by atoms with Crippen LogP contribution in [0.15, 0.2) is 47.9 Å². The third-order valence-corrected chi connectivity index (χ3v) is 1.97. The van der Waals surface area contributed by atoms with Crippen LogP contribution in [0.25, 0.3) is 0 Å². The minimum absolute atomic E-state index is 0.0133. The molecule has 1 unspecified atom stereocenters. The highest BCUT2D eigenvalue weighted by atomic mass is 16.7. The topological polar surface area (TPSA) is 58.6 Å². The van der Waals surface area contributed by atoms with E-state index in [1.165, 1.54) is 0 Å². The molecule has 0 bridgehead atoms. The van der Waals surface area contributed by atoms with Gasteiger partial charge in [0.15, 0.2) is 0 Å². The Morgan fingerprint density at radius 2 is 2.29 bits per heavy atom. The Hall–Kier alpha value is -1.97. The molecule has 0 saturated heterocycles. The molecule has 2 aliphatic rings. The molecular weight excluding hydrogens is 182 g/mol. The Labute approximate surface area is 80.9 Å². The predicted octanol–water partition coefficient (Wildman–Crippen LogP) is 1.55. The fourth-order valence-electron chi connectivity index (χ4n) is 1.39. The Bertz CT molecular complexity index is 377. The van der Waals surface area contributed by atoms with Crippen LogP contribution in [0.3, 0.4) is 0 Å². The van der Waals surface area contributed by atoms with E-state index in [1.807, 2.05) is 30.4 Å². The molecular formula is C10H9NO3. The summed E-state index contributed by atoms with van der Waals surface area (Å²) in [5, 5.41) is 11.3. The van der Waals surface area contributed by atoms with E-state index < -0.39 is 6.16 Å². The Kier molecular flexibility index (Phi) is 2.10. The first-order valence-corrected chi connectivity index (χ1v) is 4.20. The maximum atomic E-state index is 10.3. The lowest BCUT2D eigenvalue weighted by Crippen LogP contribution is -2.23. The second-order valence-electron chi connectivity index (χ2n) is 2.94. The van der Waals surface area contributed by atoms with Crippen molar-refractivity contribution in [3.63, 3.8) is 0 Å². The van der Waals surface area contributed by atoms with Gasteiger partial charge in [-0.15, -0.1) is 0 Å². The van der Waals surface area contributed by atoms with Crippen molar-refractivity contribution < 1.29 is 14.6 Å². The summed E-state index contributed by atoms with van der Waals surface area (Å²) in [5.41, 5.74) is 0.992. The Morgan fingerprint density at radius 3 is 3.07 bits per heavy atom. The summed E-state index contributed by atoms with van der Waals surface area (Å²) < 4.78 is 4.51. The van der Waals surface area contributed by atoms with Gasteiger partial charge in [0.2, 0.25) is 5.88 Å². The molecule has 0 saturated carbocycles. The van der Waals surface area contributed by atoms with Gasteiger partial charge in [-0.25, -0.2) is 4.79 Å². The molecule has 2 rings (SSSR count). The molecule has 14 heavy (non-hydrogen) atoms. The Balaban J connectivity index is 2.17. The van der Waals surface area contributed by atoms with Gasteiger partial charge >= 0.3 is 6.16 Å². The lowest BCUT2D eigenvalue weighted by atomic mass is 10.1. The minimum Gasteiger partial charge on any atom is -0.449 e. The molecule has 2 N–H and O–H groups in total. The van der Waals surface area contributed by atoms with E-state index in [0.717, 1.165) is 5.57 Å². The number of allylic oxidation sites excluding steroid dienone is 4. The zero-order valence-corrected chi connectivity index (χ0v) is 7.31. The number of hydrogen-bond donors (Lipinski definition) is 2. The number of ether oxygens (including phenoxy) is 1. The van der Waals surface area contributed by atoms with Crippen LogP contribution in [0.4, 0.5) is 4.79 Å². The average molecular weight is 191 g/mol. The molecule has 0 aromatic carbocycles. The number of carbonyl (C=O) groups is 1. The van der Waals surface area contributed by atoms with Crippen LogP contribution in [0, 0.1) is 0 Å². The monoisotopic (exact) mass is 191 g/mol. The van der Waals surface area contributed by atoms with Crippen LogP contribution >= 0.6 is 0 Å². The molecule has 0 aromatic rings. The predicted molar refractivity (Wildman–Crippen MR) is 50.5 cm³/mol. The lowest BCUT2D eigenvalue weighted by Gasteiger charge is -2.08. The quantitative estimate of drug-likeness (QED) is 0.617. The number of hydrogen-bond acceptors (Lipinski definition) is 3. The summed E-state index contributed by atoms with van der Waals surface area (Å²) >= 11 is 0. The minimum atomic E-state index is -1.31. The molecule has 0 fully saturated rings. The second kappa shape index (κ2) is 3.41. The zero-order chi connectivity index (χ0) is 9.97. The van der Waals surface area contributed by atoms with Crippen LogP contribution in [0.1, 0.15) is 0 Å². The van der Waals surface area contributed by atoms with Crippen molar-refractivity contribution in [2.75, 3.05) is 0 Å². The lowest BCUT2D eigenvalue weighted by molar-refractivity contribution is 0.114. The highest BCUT2D eigenvalue weighted by Gasteiger charge is 2.21. The van der Waals surface area contributed by atoms with E-state index in [0.29, 0.717) is 0 Å². The molecule has 4 heteroatoms. The first-order valence-electron chi connectivity index (χ1n) is 4.20. The van der Waals surface area contributed by atoms with Gasteiger partial charge in [-0.3, -0.25) is 0 Å². The van der Waals surface area contributed by atoms with E-state index in [1.54, 1.807) is 6.08 Å². The van der Waals surface area contributed by atoms with Gasteiger partial charge in [0.25, 0.3) is 0 Å². The molecule has 1 aliphatic heterocycles. The van der Waals surface area contributed by atoms with Crippen molar-refractivity contribution >= 4 is 6.16 Å². The normalized spacial score (nSPS) is 23.0. The largest absolute Gasteiger partial charge is 0.512 e. The Morgan fingerprint density at radius 1 is 1.43 bits per heavy atom. The molecule has 1 heterocycles. The first-order chi connectivity index (χ1) is 6.75. The highest BCUT2D eigenvalue weighted by molar-refractivity contribution is 5.59. The maximum absolute atomic E-state index is 10.3. The SMILES string of the molecule is O=C(O)OC1=CC2=CC=CC=CC2N1. The van der Waals surface area contributed by atoms with E-state index >= 15 is 0 Å². The van der Waals surface area contributed by atoms with Crippen molar-refractivity contribution in [2.24, 2.45) is 0 Å². The van der Waals surface area contributed by atoms with Gasteiger partial charge in [-0.05, 0) is 5.57 Å². The summed E-state index contributed by atoms with van der Waals surface area (Å²) in [6, 6.07) is 0.0133. The van der Waals surface area contributed by atoms with Crippen molar-refractivity contribution in [1.82, 2.24) is 5.32 Å². The number of nitrogens with one attached hydrogen (secondary N) is 1. The molecule has 1 atom stereocenters. The standard InChI is InChI=1S/C10H9NO3/c12-10(13)14-9-6-7-4-2-1-3-5-8(7)11-9/h1-6,8,11H,(H,12,13).